The lowest BCUT2D eigenvalue weighted by Gasteiger charge is -2.07. The van der Waals surface area contributed by atoms with Crippen LogP contribution in [0.4, 0.5) is 0 Å². The largest absolute Gasteiger partial charge is 0.465 e. The molecule has 0 saturated carbocycles. The maximum atomic E-state index is 11.0. The zero-order valence-corrected chi connectivity index (χ0v) is 21.1. The molecule has 3 aromatic carbocycles. The Labute approximate surface area is 223 Å². The van der Waals surface area contributed by atoms with Crippen LogP contribution in [0.25, 0.3) is 22.3 Å². The third-order valence-electron chi connectivity index (χ3n) is 5.25. The van der Waals surface area contributed by atoms with Crippen molar-refractivity contribution in [2.75, 3.05) is 13.2 Å². The highest BCUT2D eigenvalue weighted by Crippen LogP contribution is 2.27. The molecule has 0 bridgehead atoms. The molecule has 0 atom stereocenters. The summed E-state index contributed by atoms with van der Waals surface area (Å²) in [4.78, 5) is 22.0. The van der Waals surface area contributed by atoms with Crippen LogP contribution in [0.1, 0.15) is 12.8 Å². The topological polar surface area (TPSA) is 71.1 Å². The molecule has 194 valence electrons. The molecule has 0 aromatic heterocycles. The average molecular weight is 511 g/mol. The van der Waals surface area contributed by atoms with Crippen molar-refractivity contribution < 1.29 is 28.5 Å². The molecule has 0 spiro atoms. The van der Waals surface area contributed by atoms with Crippen molar-refractivity contribution in [2.24, 2.45) is 0 Å². The molecule has 0 aliphatic heterocycles. The van der Waals surface area contributed by atoms with Gasteiger partial charge in [0.25, 0.3) is 0 Å². The number of carbonyl (C=O) groups excluding carboxylic acids is 2. The van der Waals surface area contributed by atoms with Gasteiger partial charge in [-0.2, -0.15) is 0 Å². The molecule has 3 rings (SSSR count). The van der Waals surface area contributed by atoms with Crippen LogP contribution in [-0.2, 0) is 19.1 Å². The van der Waals surface area contributed by atoms with Gasteiger partial charge in [0.1, 0.15) is 11.5 Å². The van der Waals surface area contributed by atoms with E-state index in [4.69, 9.17) is 18.9 Å². The van der Waals surface area contributed by atoms with E-state index in [0.29, 0.717) is 12.8 Å². The van der Waals surface area contributed by atoms with Gasteiger partial charge in [0, 0.05) is 25.0 Å². The van der Waals surface area contributed by atoms with E-state index in [9.17, 15) is 9.59 Å². The summed E-state index contributed by atoms with van der Waals surface area (Å²) in [7, 11) is 0. The van der Waals surface area contributed by atoms with E-state index in [1.54, 1.807) is 24.7 Å². The second-order valence-electron chi connectivity index (χ2n) is 7.93. The summed E-state index contributed by atoms with van der Waals surface area (Å²) in [5.41, 5.74) is 4.37. The summed E-state index contributed by atoms with van der Waals surface area (Å²) in [6.07, 6.45) is 10.2. The molecule has 0 radical (unpaired) electrons. The highest BCUT2D eigenvalue weighted by atomic mass is 16.5. The third kappa shape index (κ3) is 9.32. The number of hydrogen-bond acceptors (Lipinski definition) is 6. The van der Waals surface area contributed by atoms with Gasteiger partial charge in [-0.15, -0.1) is 0 Å². The lowest BCUT2D eigenvalue weighted by atomic mass is 10.0. The van der Waals surface area contributed by atoms with Gasteiger partial charge in [-0.1, -0.05) is 61.7 Å². The third-order valence-corrected chi connectivity index (χ3v) is 5.25. The Morgan fingerprint density at radius 2 is 0.868 bits per heavy atom. The monoisotopic (exact) mass is 510 g/mol. The highest BCUT2D eigenvalue weighted by molar-refractivity contribution is 5.81. The molecule has 38 heavy (non-hydrogen) atoms. The van der Waals surface area contributed by atoms with Crippen LogP contribution >= 0.6 is 0 Å². The average Bonchev–Trinajstić information content (AvgIpc) is 2.97. The number of ether oxygens (including phenoxy) is 4. The Bertz CT molecular complexity index is 1150. The van der Waals surface area contributed by atoms with Crippen LogP contribution in [0.5, 0.6) is 11.5 Å². The quantitative estimate of drug-likeness (QED) is 0.100. The number of esters is 2. The highest BCUT2D eigenvalue weighted by Gasteiger charge is 2.02. The van der Waals surface area contributed by atoms with Crippen LogP contribution < -0.4 is 9.47 Å². The summed E-state index contributed by atoms with van der Waals surface area (Å²) in [5.74, 6) is 0.577. The van der Waals surface area contributed by atoms with E-state index < -0.39 is 11.9 Å². The molecule has 6 heteroatoms. The van der Waals surface area contributed by atoms with E-state index in [0.717, 1.165) is 45.9 Å². The van der Waals surface area contributed by atoms with Gasteiger partial charge < -0.3 is 18.9 Å². The summed E-state index contributed by atoms with van der Waals surface area (Å²) in [6, 6.07) is 24.0. The second kappa shape index (κ2) is 15.3. The van der Waals surface area contributed by atoms with E-state index in [1.807, 2.05) is 48.5 Å². The molecule has 0 amide bonds. The lowest BCUT2D eigenvalue weighted by molar-refractivity contribution is -0.138. The van der Waals surface area contributed by atoms with E-state index in [-0.39, 0.29) is 13.2 Å². The van der Waals surface area contributed by atoms with Gasteiger partial charge in [-0.25, -0.2) is 9.59 Å². The molecule has 0 unspecified atom stereocenters. The molecule has 6 nitrogen and oxygen atoms in total. The standard InChI is InChI=1S/C32H30O6/c1-3-31(33)37-23-7-5-21-35-29-17-13-27(14-18-29)25-9-11-26(12-10-25)28-15-19-30(20-16-28)36-22-6-8-24-38-32(34)4-2/h3-6,9-22H,1-2,7-8,23-24H2. The Hall–Kier alpha value is -4.84. The first kappa shape index (κ1) is 27.7. The van der Waals surface area contributed by atoms with Crippen LogP contribution in [0.2, 0.25) is 0 Å². The Kier molecular flexibility index (Phi) is 11.2. The zero-order valence-electron chi connectivity index (χ0n) is 21.1. The number of hydrogen-bond donors (Lipinski definition) is 0. The van der Waals surface area contributed by atoms with E-state index in [2.05, 4.69) is 37.4 Å². The summed E-state index contributed by atoms with van der Waals surface area (Å²) in [5, 5.41) is 0. The predicted octanol–water partition coefficient (Wildman–Crippen LogP) is 7.04. The molecular weight excluding hydrogens is 480 g/mol. The smallest absolute Gasteiger partial charge is 0.330 e. The molecule has 0 saturated heterocycles. The van der Waals surface area contributed by atoms with Gasteiger partial charge >= 0.3 is 11.9 Å². The fraction of sp³-hybridized carbons (Fsp3) is 0.125. The first-order chi connectivity index (χ1) is 18.6. The van der Waals surface area contributed by atoms with Crippen LogP contribution in [-0.4, -0.2) is 25.2 Å². The molecular formula is C32H30O6. The van der Waals surface area contributed by atoms with Crippen molar-refractivity contribution in [1.82, 2.24) is 0 Å². The van der Waals surface area contributed by atoms with Gasteiger partial charge in [-0.05, 0) is 58.7 Å². The van der Waals surface area contributed by atoms with Crippen molar-refractivity contribution in [3.05, 3.63) is 123 Å². The molecule has 0 aliphatic rings. The summed E-state index contributed by atoms with van der Waals surface area (Å²) < 4.78 is 21.0. The lowest BCUT2D eigenvalue weighted by Crippen LogP contribution is -2.00. The minimum Gasteiger partial charge on any atom is -0.465 e. The number of rotatable bonds is 14. The maximum absolute atomic E-state index is 11.0. The fourth-order valence-electron chi connectivity index (χ4n) is 3.27. The Balaban J connectivity index is 1.47. The molecule has 3 aromatic rings. The van der Waals surface area contributed by atoms with Crippen LogP contribution in [0, 0.1) is 0 Å². The second-order valence-corrected chi connectivity index (χ2v) is 7.93. The van der Waals surface area contributed by atoms with Gasteiger partial charge in [0.15, 0.2) is 0 Å². The number of benzene rings is 3. The SMILES string of the molecule is C=CC(=O)OCCC=COc1ccc(-c2ccc(-c3ccc(OC=CCCOC(=O)C=C)cc3)cc2)cc1. The predicted molar refractivity (Wildman–Crippen MR) is 148 cm³/mol. The van der Waals surface area contributed by atoms with Gasteiger partial charge in [0.05, 0.1) is 25.7 Å². The zero-order chi connectivity index (χ0) is 27.0. The Morgan fingerprint density at radius 1 is 0.553 bits per heavy atom. The number of carbonyl (C=O) groups is 2. The van der Waals surface area contributed by atoms with Crippen molar-refractivity contribution in [3.8, 4) is 33.8 Å². The summed E-state index contributed by atoms with van der Waals surface area (Å²) >= 11 is 0. The van der Waals surface area contributed by atoms with Gasteiger partial charge in [-0.3, -0.25) is 0 Å². The van der Waals surface area contributed by atoms with Gasteiger partial charge in [0.2, 0.25) is 0 Å². The van der Waals surface area contributed by atoms with E-state index >= 15 is 0 Å². The first-order valence-electron chi connectivity index (χ1n) is 12.1. The van der Waals surface area contributed by atoms with Crippen LogP contribution in [0.15, 0.2) is 123 Å². The van der Waals surface area contributed by atoms with Crippen molar-refractivity contribution in [1.29, 1.82) is 0 Å². The normalized spacial score (nSPS) is 10.7. The molecule has 0 heterocycles. The minimum absolute atomic E-state index is 0.285. The van der Waals surface area contributed by atoms with Crippen molar-refractivity contribution >= 4 is 11.9 Å². The summed E-state index contributed by atoms with van der Waals surface area (Å²) in [6.45, 7) is 7.27. The maximum Gasteiger partial charge on any atom is 0.330 e. The minimum atomic E-state index is -0.432. The fourth-order valence-corrected chi connectivity index (χ4v) is 3.27. The molecule has 0 fully saturated rings. The van der Waals surface area contributed by atoms with Crippen molar-refractivity contribution in [3.63, 3.8) is 0 Å². The van der Waals surface area contributed by atoms with Crippen molar-refractivity contribution in [2.45, 2.75) is 12.8 Å². The first-order valence-corrected chi connectivity index (χ1v) is 12.1. The Morgan fingerprint density at radius 3 is 1.18 bits per heavy atom. The molecule has 0 aliphatic carbocycles. The molecule has 0 N–H and O–H groups in total. The van der Waals surface area contributed by atoms with E-state index in [1.165, 1.54) is 0 Å². The van der Waals surface area contributed by atoms with Crippen LogP contribution in [0.3, 0.4) is 0 Å².